The molecule has 0 aliphatic heterocycles. The highest BCUT2D eigenvalue weighted by Gasteiger charge is 2.20. The van der Waals surface area contributed by atoms with Gasteiger partial charge in [-0.3, -0.25) is 0 Å². The Kier molecular flexibility index (Phi) is 4.95. The van der Waals surface area contributed by atoms with Gasteiger partial charge in [-0.15, -0.1) is 0 Å². The third-order valence-electron chi connectivity index (χ3n) is 5.49. The topological polar surface area (TPSA) is 74.7 Å². The fourth-order valence-corrected chi connectivity index (χ4v) is 3.90. The number of nitrogens with zero attached hydrogens (tertiary/aromatic N) is 3. The van der Waals surface area contributed by atoms with E-state index in [0.29, 0.717) is 23.0 Å². The van der Waals surface area contributed by atoms with Crippen LogP contribution in [0, 0.1) is 0 Å². The van der Waals surface area contributed by atoms with Crippen LogP contribution in [0.4, 0.5) is 5.82 Å². The second-order valence-electron chi connectivity index (χ2n) is 7.32. The number of benzene rings is 3. The van der Waals surface area contributed by atoms with Gasteiger partial charge in [0.05, 0.1) is 19.8 Å². The van der Waals surface area contributed by atoms with E-state index in [1.165, 1.54) is 0 Å². The lowest BCUT2D eigenvalue weighted by atomic mass is 10.0. The Labute approximate surface area is 185 Å². The summed E-state index contributed by atoms with van der Waals surface area (Å²) in [6.45, 7) is 0. The minimum atomic E-state index is 0.501. The van der Waals surface area contributed by atoms with Crippen LogP contribution in [0.3, 0.4) is 0 Å². The number of methoxy groups -OCH3 is 2. The number of aromatic nitrogens is 3. The van der Waals surface area contributed by atoms with Gasteiger partial charge in [0.1, 0.15) is 11.5 Å². The lowest BCUT2D eigenvalue weighted by Gasteiger charge is -2.11. The van der Waals surface area contributed by atoms with Crippen molar-refractivity contribution in [1.82, 2.24) is 14.6 Å². The molecule has 0 bridgehead atoms. The molecule has 6 nitrogen and oxygen atoms in total. The fraction of sp³-hybridized carbons (Fsp3) is 0.0769. The zero-order valence-corrected chi connectivity index (χ0v) is 17.8. The summed E-state index contributed by atoms with van der Waals surface area (Å²) in [6, 6.07) is 25.9. The number of rotatable bonds is 5. The minimum Gasteiger partial charge on any atom is -0.493 e. The molecule has 5 rings (SSSR count). The highest BCUT2D eigenvalue weighted by molar-refractivity contribution is 5.92. The van der Waals surface area contributed by atoms with Crippen LogP contribution in [0.1, 0.15) is 0 Å². The second-order valence-corrected chi connectivity index (χ2v) is 7.32. The Morgan fingerprint density at radius 2 is 1.41 bits per heavy atom. The monoisotopic (exact) mass is 422 g/mol. The van der Waals surface area contributed by atoms with Crippen molar-refractivity contribution in [3.8, 4) is 45.0 Å². The molecule has 5 aromatic rings. The van der Waals surface area contributed by atoms with E-state index in [0.717, 1.165) is 33.5 Å². The predicted octanol–water partition coefficient (Wildman–Crippen LogP) is 5.33. The number of ether oxygens (including phenoxy) is 2. The van der Waals surface area contributed by atoms with Crippen LogP contribution in [0.2, 0.25) is 0 Å². The molecule has 0 saturated carbocycles. The summed E-state index contributed by atoms with van der Waals surface area (Å²) >= 11 is 0. The molecular weight excluding hydrogens is 400 g/mol. The summed E-state index contributed by atoms with van der Waals surface area (Å²) in [5, 5.41) is 4.89. The largest absolute Gasteiger partial charge is 0.493 e. The summed E-state index contributed by atoms with van der Waals surface area (Å²) in [6.07, 6.45) is 1.79. The average molecular weight is 422 g/mol. The van der Waals surface area contributed by atoms with Gasteiger partial charge < -0.3 is 15.2 Å². The van der Waals surface area contributed by atoms with Crippen molar-refractivity contribution >= 4 is 11.5 Å². The van der Waals surface area contributed by atoms with Crippen LogP contribution in [0.15, 0.2) is 85.1 Å². The molecule has 0 radical (unpaired) electrons. The molecule has 158 valence electrons. The van der Waals surface area contributed by atoms with Crippen molar-refractivity contribution in [2.75, 3.05) is 20.0 Å². The van der Waals surface area contributed by atoms with Gasteiger partial charge in [-0.05, 0) is 23.3 Å². The Morgan fingerprint density at radius 3 is 2.06 bits per heavy atom. The Hall–Kier alpha value is -4.32. The summed E-state index contributed by atoms with van der Waals surface area (Å²) in [4.78, 5) is 4.79. The first-order valence-corrected chi connectivity index (χ1v) is 10.2. The molecular formula is C26H22N4O2. The summed E-state index contributed by atoms with van der Waals surface area (Å²) in [5.74, 6) is 1.78. The summed E-state index contributed by atoms with van der Waals surface area (Å²) < 4.78 is 12.5. The molecule has 0 unspecified atom stereocenters. The van der Waals surface area contributed by atoms with Crippen LogP contribution in [-0.4, -0.2) is 28.8 Å². The van der Waals surface area contributed by atoms with Crippen molar-refractivity contribution in [2.24, 2.45) is 0 Å². The van der Waals surface area contributed by atoms with Crippen molar-refractivity contribution in [3.63, 3.8) is 0 Å². The van der Waals surface area contributed by atoms with Crippen LogP contribution in [0.25, 0.3) is 39.2 Å². The molecule has 0 aliphatic rings. The van der Waals surface area contributed by atoms with Gasteiger partial charge in [-0.2, -0.15) is 9.61 Å². The van der Waals surface area contributed by atoms with Crippen molar-refractivity contribution in [2.45, 2.75) is 0 Å². The van der Waals surface area contributed by atoms with Gasteiger partial charge in [0.15, 0.2) is 17.1 Å². The van der Waals surface area contributed by atoms with E-state index in [9.17, 15) is 0 Å². The first-order valence-electron chi connectivity index (χ1n) is 10.2. The van der Waals surface area contributed by atoms with Crippen molar-refractivity contribution < 1.29 is 9.47 Å². The van der Waals surface area contributed by atoms with E-state index in [2.05, 4.69) is 12.1 Å². The van der Waals surface area contributed by atoms with Gasteiger partial charge in [-0.25, -0.2) is 4.98 Å². The third kappa shape index (κ3) is 3.22. The molecule has 0 fully saturated rings. The van der Waals surface area contributed by atoms with Gasteiger partial charge in [0, 0.05) is 17.3 Å². The smallest absolute Gasteiger partial charge is 0.165 e. The number of anilines is 1. The maximum absolute atomic E-state index is 6.64. The van der Waals surface area contributed by atoms with Gasteiger partial charge in [-0.1, -0.05) is 66.7 Å². The number of hydrogen-bond acceptors (Lipinski definition) is 5. The highest BCUT2D eigenvalue weighted by Crippen LogP contribution is 2.38. The first-order chi connectivity index (χ1) is 15.7. The number of nitrogen functional groups attached to an aromatic ring is 1. The Morgan fingerprint density at radius 1 is 0.750 bits per heavy atom. The maximum atomic E-state index is 6.64. The Balaban J connectivity index is 1.76. The summed E-state index contributed by atoms with van der Waals surface area (Å²) in [5.41, 5.74) is 12.8. The van der Waals surface area contributed by atoms with E-state index in [1.54, 1.807) is 24.9 Å². The standard InChI is InChI=1S/C26H22N4O2/c1-31-21-14-13-19(15-22(21)32-2)20-16-28-26-23(17-9-5-3-6-10-17)24(29-30(26)25(20)27)18-11-7-4-8-12-18/h3-16H,27H2,1-2H3. The predicted molar refractivity (Wildman–Crippen MR) is 127 cm³/mol. The van der Waals surface area contributed by atoms with E-state index < -0.39 is 0 Å². The van der Waals surface area contributed by atoms with E-state index in [1.807, 2.05) is 66.7 Å². The third-order valence-corrected chi connectivity index (χ3v) is 5.49. The highest BCUT2D eigenvalue weighted by atomic mass is 16.5. The molecule has 0 amide bonds. The molecule has 32 heavy (non-hydrogen) atoms. The fourth-order valence-electron chi connectivity index (χ4n) is 3.90. The molecule has 0 atom stereocenters. The summed E-state index contributed by atoms with van der Waals surface area (Å²) in [7, 11) is 3.22. The molecule has 0 spiro atoms. The van der Waals surface area contributed by atoms with Crippen LogP contribution >= 0.6 is 0 Å². The lowest BCUT2D eigenvalue weighted by Crippen LogP contribution is -2.03. The molecule has 0 saturated heterocycles. The van der Waals surface area contributed by atoms with Crippen LogP contribution in [0.5, 0.6) is 11.5 Å². The number of fused-ring (bicyclic) bond motifs is 1. The maximum Gasteiger partial charge on any atom is 0.165 e. The van der Waals surface area contributed by atoms with E-state index in [-0.39, 0.29) is 0 Å². The molecule has 3 aromatic carbocycles. The first kappa shape index (κ1) is 19.6. The van der Waals surface area contributed by atoms with Crippen molar-refractivity contribution in [3.05, 3.63) is 85.1 Å². The minimum absolute atomic E-state index is 0.501. The molecule has 2 aromatic heterocycles. The van der Waals surface area contributed by atoms with Crippen LogP contribution < -0.4 is 15.2 Å². The quantitative estimate of drug-likeness (QED) is 0.414. The van der Waals surface area contributed by atoms with Crippen molar-refractivity contribution in [1.29, 1.82) is 0 Å². The molecule has 0 aliphatic carbocycles. The van der Waals surface area contributed by atoms with Crippen LogP contribution in [-0.2, 0) is 0 Å². The normalized spacial score (nSPS) is 10.9. The number of nitrogens with two attached hydrogens (primary N) is 1. The molecule has 2 heterocycles. The van der Waals surface area contributed by atoms with Gasteiger partial charge in [0.25, 0.3) is 0 Å². The zero-order valence-electron chi connectivity index (χ0n) is 17.8. The second kappa shape index (κ2) is 8.07. The SMILES string of the molecule is COc1ccc(-c2cnc3c(-c4ccccc4)c(-c4ccccc4)nn3c2N)cc1OC. The van der Waals surface area contributed by atoms with Gasteiger partial charge in [0.2, 0.25) is 0 Å². The van der Waals surface area contributed by atoms with Gasteiger partial charge >= 0.3 is 0 Å². The zero-order chi connectivity index (χ0) is 22.1. The molecule has 6 heteroatoms. The average Bonchev–Trinajstić information content (AvgIpc) is 3.25. The van der Waals surface area contributed by atoms with E-state index in [4.69, 9.17) is 25.3 Å². The number of hydrogen-bond donors (Lipinski definition) is 1. The Bertz CT molecular complexity index is 1400. The lowest BCUT2D eigenvalue weighted by molar-refractivity contribution is 0.355. The van der Waals surface area contributed by atoms with E-state index >= 15 is 0 Å². The molecule has 2 N–H and O–H groups in total.